The number of esters is 1. The lowest BCUT2D eigenvalue weighted by atomic mass is 9.99. The van der Waals surface area contributed by atoms with Crippen LogP contribution in [0.4, 0.5) is 0 Å². The number of hydrogen-bond acceptors (Lipinski definition) is 11. The molecule has 11 nitrogen and oxygen atoms in total. The maximum Gasteiger partial charge on any atom is 0.330 e. The molecule has 1 aliphatic rings. The number of phenols is 3. The molecule has 2 aromatic rings. The molecule has 0 radical (unpaired) electrons. The van der Waals surface area contributed by atoms with Crippen LogP contribution < -0.4 is 4.74 Å². The summed E-state index contributed by atoms with van der Waals surface area (Å²) in [5.74, 6) is -1.94. The molecule has 7 N–H and O–H groups in total. The smallest absolute Gasteiger partial charge is 0.330 e. The Morgan fingerprint density at radius 3 is 2.36 bits per heavy atom. The maximum atomic E-state index is 12.0. The summed E-state index contributed by atoms with van der Waals surface area (Å²) < 4.78 is 15.9. The van der Waals surface area contributed by atoms with Crippen molar-refractivity contribution in [3.63, 3.8) is 0 Å². The van der Waals surface area contributed by atoms with Crippen LogP contribution in [0, 0.1) is 0 Å². The zero-order valence-electron chi connectivity index (χ0n) is 17.2. The zero-order chi connectivity index (χ0) is 24.1. The van der Waals surface area contributed by atoms with Crippen molar-refractivity contribution < 1.29 is 54.8 Å². The molecule has 1 saturated heterocycles. The average Bonchev–Trinajstić information content (AvgIpc) is 2.80. The number of phenolic OH excluding ortho intramolecular Hbond substituents is 3. The maximum absolute atomic E-state index is 12.0. The number of aromatic hydroxyl groups is 3. The molecule has 0 aromatic heterocycles. The molecular weight excluding hydrogens is 440 g/mol. The van der Waals surface area contributed by atoms with Crippen molar-refractivity contribution in [1.29, 1.82) is 0 Å². The van der Waals surface area contributed by atoms with Gasteiger partial charge in [0, 0.05) is 6.08 Å². The number of carbonyl (C=O) groups is 1. The molecule has 0 spiro atoms. The van der Waals surface area contributed by atoms with Crippen LogP contribution in [0.3, 0.4) is 0 Å². The highest BCUT2D eigenvalue weighted by molar-refractivity contribution is 5.87. The fourth-order valence-corrected chi connectivity index (χ4v) is 3.06. The molecule has 1 fully saturated rings. The van der Waals surface area contributed by atoms with E-state index in [1.165, 1.54) is 42.5 Å². The second-order valence-corrected chi connectivity index (χ2v) is 7.30. The highest BCUT2D eigenvalue weighted by Gasteiger charge is 2.45. The molecule has 0 aliphatic carbocycles. The number of carbonyl (C=O) groups excluding carboxylic acids is 1. The van der Waals surface area contributed by atoms with Gasteiger partial charge in [-0.3, -0.25) is 0 Å². The minimum absolute atomic E-state index is 0.101. The van der Waals surface area contributed by atoms with Gasteiger partial charge in [0.1, 0.15) is 31.0 Å². The van der Waals surface area contributed by atoms with Crippen LogP contribution in [-0.2, 0) is 20.9 Å². The third kappa shape index (κ3) is 5.92. The Hall–Kier alpha value is -3.35. The number of benzene rings is 2. The monoisotopic (exact) mass is 464 g/mol. The van der Waals surface area contributed by atoms with E-state index in [1.54, 1.807) is 0 Å². The van der Waals surface area contributed by atoms with Crippen molar-refractivity contribution in [3.8, 4) is 23.0 Å². The Kier molecular flexibility index (Phi) is 7.74. The molecule has 1 aliphatic heterocycles. The van der Waals surface area contributed by atoms with Gasteiger partial charge in [0.25, 0.3) is 0 Å². The topological polar surface area (TPSA) is 186 Å². The predicted molar refractivity (Wildman–Crippen MR) is 111 cm³/mol. The second-order valence-electron chi connectivity index (χ2n) is 7.30. The first-order valence-electron chi connectivity index (χ1n) is 9.85. The minimum atomic E-state index is -1.69. The highest BCUT2D eigenvalue weighted by atomic mass is 16.7. The number of hydrogen-bond donors (Lipinski definition) is 7. The van der Waals surface area contributed by atoms with Crippen LogP contribution in [0.15, 0.2) is 42.5 Å². The van der Waals surface area contributed by atoms with Crippen LogP contribution >= 0.6 is 0 Å². The summed E-state index contributed by atoms with van der Waals surface area (Å²) in [6.07, 6.45) is -5.37. The quantitative estimate of drug-likeness (QED) is 0.163. The summed E-state index contributed by atoms with van der Waals surface area (Å²) in [7, 11) is 0. The fraction of sp³-hybridized carbons (Fsp3) is 0.318. The van der Waals surface area contributed by atoms with Gasteiger partial charge >= 0.3 is 5.97 Å². The lowest BCUT2D eigenvalue weighted by molar-refractivity contribution is -0.278. The van der Waals surface area contributed by atoms with E-state index in [0.717, 1.165) is 6.08 Å². The van der Waals surface area contributed by atoms with Gasteiger partial charge in [-0.25, -0.2) is 4.79 Å². The summed E-state index contributed by atoms with van der Waals surface area (Å²) in [6, 6.07) is 7.97. The molecule has 1 heterocycles. The van der Waals surface area contributed by atoms with E-state index in [4.69, 9.17) is 19.3 Å². The minimum Gasteiger partial charge on any atom is -0.504 e. The van der Waals surface area contributed by atoms with E-state index in [-0.39, 0.29) is 29.6 Å². The zero-order valence-corrected chi connectivity index (χ0v) is 17.2. The molecule has 0 amide bonds. The third-order valence-electron chi connectivity index (χ3n) is 4.92. The molecule has 178 valence electrons. The lowest BCUT2D eigenvalue weighted by Crippen LogP contribution is -2.60. The van der Waals surface area contributed by atoms with Crippen molar-refractivity contribution in [2.75, 3.05) is 6.61 Å². The predicted octanol–water partition coefficient (Wildman–Crippen LogP) is -0.261. The Bertz CT molecular complexity index is 1010. The largest absolute Gasteiger partial charge is 0.504 e. The Morgan fingerprint density at radius 2 is 1.70 bits per heavy atom. The average molecular weight is 464 g/mol. The van der Waals surface area contributed by atoms with Gasteiger partial charge in [0.2, 0.25) is 6.29 Å². The molecular formula is C22H24O11. The number of aliphatic hydroxyl groups is 4. The third-order valence-corrected chi connectivity index (χ3v) is 4.92. The van der Waals surface area contributed by atoms with Gasteiger partial charge in [-0.1, -0.05) is 12.1 Å². The Balaban J connectivity index is 1.61. The molecule has 5 atom stereocenters. The normalized spacial score (nSPS) is 25.2. The van der Waals surface area contributed by atoms with Gasteiger partial charge in [0.15, 0.2) is 23.0 Å². The van der Waals surface area contributed by atoms with Crippen molar-refractivity contribution in [1.82, 2.24) is 0 Å². The number of aliphatic hydroxyl groups excluding tert-OH is 4. The van der Waals surface area contributed by atoms with Gasteiger partial charge < -0.3 is 50.0 Å². The summed E-state index contributed by atoms with van der Waals surface area (Å²) >= 11 is 0. The van der Waals surface area contributed by atoms with E-state index >= 15 is 0 Å². The van der Waals surface area contributed by atoms with Gasteiger partial charge in [-0.15, -0.1) is 0 Å². The van der Waals surface area contributed by atoms with Gasteiger partial charge in [-0.05, 0) is 41.5 Å². The molecule has 0 unspecified atom stereocenters. The lowest BCUT2D eigenvalue weighted by Gasteiger charge is -2.39. The van der Waals surface area contributed by atoms with Crippen LogP contribution in [0.25, 0.3) is 6.08 Å². The van der Waals surface area contributed by atoms with E-state index in [9.17, 15) is 35.4 Å². The standard InChI is InChI=1S/C22H24O11/c23-9-12-2-5-16(15(26)8-12)32-22-21(30)20(29)19(28)17(33-22)10-31-18(27)6-3-11-1-4-13(24)14(25)7-11/h1-8,17,19-26,28-30H,9-10H2/b6-3+/t17-,19-,20+,21-,22-/m1/s1. The van der Waals surface area contributed by atoms with Crippen LogP contribution in [0.1, 0.15) is 11.1 Å². The Labute approximate surface area is 188 Å². The SMILES string of the molecule is O=C(/C=C/c1ccc(O)c(O)c1)OC[C@H]1O[C@@H](Oc2ccc(CO)cc2O)[C@H](O)[C@@H](O)[C@@H]1O. The van der Waals surface area contributed by atoms with Gasteiger partial charge in [0.05, 0.1) is 6.61 Å². The molecule has 11 heteroatoms. The molecule has 0 saturated carbocycles. The molecule has 33 heavy (non-hydrogen) atoms. The van der Waals surface area contributed by atoms with Crippen LogP contribution in [0.2, 0.25) is 0 Å². The first-order valence-corrected chi connectivity index (χ1v) is 9.85. The van der Waals surface area contributed by atoms with E-state index in [1.807, 2.05) is 0 Å². The molecule has 3 rings (SSSR count). The van der Waals surface area contributed by atoms with Gasteiger partial charge in [-0.2, -0.15) is 0 Å². The Morgan fingerprint density at radius 1 is 0.939 bits per heavy atom. The molecule has 0 bridgehead atoms. The van der Waals surface area contributed by atoms with Crippen molar-refractivity contribution in [2.24, 2.45) is 0 Å². The summed E-state index contributed by atoms with van der Waals surface area (Å²) in [4.78, 5) is 12.0. The summed E-state index contributed by atoms with van der Waals surface area (Å²) in [5, 5.41) is 68.3. The first-order chi connectivity index (χ1) is 15.7. The number of rotatable bonds is 7. The van der Waals surface area contributed by atoms with Crippen LogP contribution in [0.5, 0.6) is 23.0 Å². The van der Waals surface area contributed by atoms with E-state index in [0.29, 0.717) is 11.1 Å². The molecule has 2 aromatic carbocycles. The highest BCUT2D eigenvalue weighted by Crippen LogP contribution is 2.31. The van der Waals surface area contributed by atoms with E-state index < -0.39 is 43.3 Å². The van der Waals surface area contributed by atoms with Crippen molar-refractivity contribution >= 4 is 12.0 Å². The summed E-state index contributed by atoms with van der Waals surface area (Å²) in [5.41, 5.74) is 0.830. The number of ether oxygens (including phenoxy) is 3. The van der Waals surface area contributed by atoms with Crippen molar-refractivity contribution in [3.05, 3.63) is 53.6 Å². The second kappa shape index (κ2) is 10.5. The fourth-order valence-electron chi connectivity index (χ4n) is 3.06. The first kappa shape index (κ1) is 24.3. The van der Waals surface area contributed by atoms with E-state index in [2.05, 4.69) is 0 Å². The van der Waals surface area contributed by atoms with Crippen LogP contribution in [-0.4, -0.2) is 79.0 Å². The van der Waals surface area contributed by atoms with Crippen molar-refractivity contribution in [2.45, 2.75) is 37.3 Å². The summed E-state index contributed by atoms with van der Waals surface area (Å²) in [6.45, 7) is -0.804.